The van der Waals surface area contributed by atoms with Crippen LogP contribution < -0.4 is 5.73 Å². The van der Waals surface area contributed by atoms with Gasteiger partial charge in [-0.15, -0.1) is 0 Å². The van der Waals surface area contributed by atoms with E-state index in [1.165, 1.54) is 77.0 Å². The lowest BCUT2D eigenvalue weighted by Crippen LogP contribution is -2.29. The number of rotatable bonds is 24. The average molecular weight is 472 g/mol. The fourth-order valence-corrected chi connectivity index (χ4v) is 4.21. The quantitative estimate of drug-likeness (QED) is 0.0834. The molecular weight excluding hydrogens is 414 g/mol. The highest BCUT2D eigenvalue weighted by molar-refractivity contribution is 4.81. The van der Waals surface area contributed by atoms with Gasteiger partial charge in [0.1, 0.15) is 0 Å². The van der Waals surface area contributed by atoms with Crippen LogP contribution in [0.25, 0.3) is 0 Å². The highest BCUT2D eigenvalue weighted by Crippen LogP contribution is 2.18. The summed E-state index contributed by atoms with van der Waals surface area (Å²) in [6.45, 7) is 8.37. The van der Waals surface area contributed by atoms with Crippen LogP contribution in [0.5, 0.6) is 0 Å². The molecule has 0 radical (unpaired) electrons. The van der Waals surface area contributed by atoms with E-state index in [-0.39, 0.29) is 30.7 Å². The molecule has 0 aromatic rings. The van der Waals surface area contributed by atoms with Gasteiger partial charge in [0.05, 0.1) is 24.4 Å². The summed E-state index contributed by atoms with van der Waals surface area (Å²) >= 11 is 0. The predicted molar refractivity (Wildman–Crippen MR) is 140 cm³/mol. The number of aliphatic hydroxyl groups is 2. The SMILES string of the molecule is CC(O)CC(C)OC(CCCCCCC/C=C\CCCCCCCCN)OC(C)CC(C)O. The highest BCUT2D eigenvalue weighted by Gasteiger charge is 2.19. The molecule has 4 N–H and O–H groups in total. The number of ether oxygens (including phenoxy) is 2. The monoisotopic (exact) mass is 471 g/mol. The zero-order chi connectivity index (χ0) is 24.7. The maximum atomic E-state index is 9.60. The van der Waals surface area contributed by atoms with Crippen molar-refractivity contribution < 1.29 is 19.7 Å². The van der Waals surface area contributed by atoms with Crippen LogP contribution in [0, 0.1) is 0 Å². The summed E-state index contributed by atoms with van der Waals surface area (Å²) in [6.07, 6.45) is 22.0. The second-order valence-corrected chi connectivity index (χ2v) is 10.0. The largest absolute Gasteiger partial charge is 0.393 e. The first kappa shape index (κ1) is 32.5. The van der Waals surface area contributed by atoms with E-state index in [9.17, 15) is 10.2 Å². The van der Waals surface area contributed by atoms with Crippen LogP contribution >= 0.6 is 0 Å². The maximum absolute atomic E-state index is 9.60. The van der Waals surface area contributed by atoms with Crippen molar-refractivity contribution >= 4 is 0 Å². The molecule has 198 valence electrons. The summed E-state index contributed by atoms with van der Waals surface area (Å²) in [5, 5.41) is 19.2. The van der Waals surface area contributed by atoms with Gasteiger partial charge in [-0.3, -0.25) is 0 Å². The molecule has 0 rings (SSSR count). The van der Waals surface area contributed by atoms with E-state index in [4.69, 9.17) is 15.2 Å². The Kier molecular flexibility index (Phi) is 23.0. The first-order valence-electron chi connectivity index (χ1n) is 13.9. The van der Waals surface area contributed by atoms with Crippen LogP contribution in [0.3, 0.4) is 0 Å². The number of aliphatic hydroxyl groups excluding tert-OH is 2. The Morgan fingerprint density at radius 1 is 0.606 bits per heavy atom. The Bertz CT molecular complexity index is 410. The van der Waals surface area contributed by atoms with E-state index in [1.807, 2.05) is 13.8 Å². The summed E-state index contributed by atoms with van der Waals surface area (Å²) in [7, 11) is 0. The molecule has 0 saturated carbocycles. The van der Waals surface area contributed by atoms with Gasteiger partial charge >= 0.3 is 0 Å². The minimum absolute atomic E-state index is 0.0447. The van der Waals surface area contributed by atoms with Gasteiger partial charge in [0.15, 0.2) is 6.29 Å². The molecule has 0 aliphatic rings. The Labute approximate surface area is 205 Å². The Morgan fingerprint density at radius 3 is 1.42 bits per heavy atom. The van der Waals surface area contributed by atoms with Crippen molar-refractivity contribution in [1.29, 1.82) is 0 Å². The maximum Gasteiger partial charge on any atom is 0.158 e. The molecule has 0 spiro atoms. The molecular formula is C28H57NO4. The van der Waals surface area contributed by atoms with Gasteiger partial charge in [-0.05, 0) is 92.0 Å². The first-order valence-corrected chi connectivity index (χ1v) is 13.9. The summed E-state index contributed by atoms with van der Waals surface area (Å²) in [5.74, 6) is 0. The molecule has 0 bridgehead atoms. The van der Waals surface area contributed by atoms with E-state index in [1.54, 1.807) is 13.8 Å². The summed E-state index contributed by atoms with van der Waals surface area (Å²) in [6, 6.07) is 0. The van der Waals surface area contributed by atoms with Gasteiger partial charge in [-0.2, -0.15) is 0 Å². The molecule has 0 fully saturated rings. The predicted octanol–water partition coefficient (Wildman–Crippen LogP) is 6.64. The van der Waals surface area contributed by atoms with Gasteiger partial charge in [0, 0.05) is 0 Å². The van der Waals surface area contributed by atoms with E-state index in [0.29, 0.717) is 12.8 Å². The number of hydrogen-bond donors (Lipinski definition) is 3. The smallest absolute Gasteiger partial charge is 0.158 e. The number of allylic oxidation sites excluding steroid dienone is 2. The zero-order valence-electron chi connectivity index (χ0n) is 22.4. The standard InChI is InChI=1S/C28H57NO4/c1-24(30)22-26(3)32-28(33-27(4)23-25(2)31)20-18-16-14-12-10-8-6-5-7-9-11-13-15-17-19-21-29/h5-6,24-28,30-31H,7-23,29H2,1-4H3/b6-5-. The van der Waals surface area contributed by atoms with E-state index in [2.05, 4.69) is 12.2 Å². The minimum atomic E-state index is -0.379. The summed E-state index contributed by atoms with van der Waals surface area (Å²) < 4.78 is 12.1. The number of unbranched alkanes of at least 4 members (excludes halogenated alkanes) is 11. The molecule has 4 atom stereocenters. The van der Waals surface area contributed by atoms with Gasteiger partial charge in [-0.1, -0.05) is 57.1 Å². The van der Waals surface area contributed by atoms with E-state index in [0.717, 1.165) is 19.4 Å². The normalized spacial score (nSPS) is 16.7. The molecule has 33 heavy (non-hydrogen) atoms. The Morgan fingerprint density at radius 2 is 1.00 bits per heavy atom. The van der Waals surface area contributed by atoms with Crippen LogP contribution in [0.4, 0.5) is 0 Å². The molecule has 5 heteroatoms. The van der Waals surface area contributed by atoms with Crippen molar-refractivity contribution in [1.82, 2.24) is 0 Å². The van der Waals surface area contributed by atoms with Crippen LogP contribution in [0.15, 0.2) is 12.2 Å². The third-order valence-electron chi connectivity index (χ3n) is 5.92. The second kappa shape index (κ2) is 23.3. The number of nitrogens with two attached hydrogens (primary N) is 1. The number of hydrogen-bond acceptors (Lipinski definition) is 5. The molecule has 4 unspecified atom stereocenters. The lowest BCUT2D eigenvalue weighted by atomic mass is 10.1. The molecule has 0 aliphatic heterocycles. The Hall–Kier alpha value is -0.460. The van der Waals surface area contributed by atoms with E-state index < -0.39 is 0 Å². The van der Waals surface area contributed by atoms with Crippen LogP contribution in [-0.2, 0) is 9.47 Å². The van der Waals surface area contributed by atoms with Crippen molar-refractivity contribution in [2.24, 2.45) is 5.73 Å². The molecule has 0 amide bonds. The molecule has 0 aliphatic carbocycles. The second-order valence-electron chi connectivity index (χ2n) is 10.0. The topological polar surface area (TPSA) is 84.9 Å². The first-order chi connectivity index (χ1) is 15.8. The summed E-state index contributed by atoms with van der Waals surface area (Å²) in [5.41, 5.74) is 5.52. The van der Waals surface area contributed by atoms with Crippen molar-refractivity contribution in [3.8, 4) is 0 Å². The third-order valence-corrected chi connectivity index (χ3v) is 5.92. The van der Waals surface area contributed by atoms with E-state index >= 15 is 0 Å². The molecule has 0 aromatic carbocycles. The lowest BCUT2D eigenvalue weighted by molar-refractivity contribution is -0.198. The van der Waals surface area contributed by atoms with Crippen molar-refractivity contribution in [3.63, 3.8) is 0 Å². The van der Waals surface area contributed by atoms with Crippen LogP contribution in [-0.4, -0.2) is 47.5 Å². The lowest BCUT2D eigenvalue weighted by Gasteiger charge is -2.27. The Balaban J connectivity index is 3.84. The van der Waals surface area contributed by atoms with Gasteiger partial charge in [0.25, 0.3) is 0 Å². The molecule has 0 aromatic heterocycles. The molecule has 0 heterocycles. The van der Waals surface area contributed by atoms with Crippen LogP contribution in [0.2, 0.25) is 0 Å². The van der Waals surface area contributed by atoms with Crippen molar-refractivity contribution in [2.75, 3.05) is 6.54 Å². The molecule has 0 saturated heterocycles. The zero-order valence-corrected chi connectivity index (χ0v) is 22.4. The third kappa shape index (κ3) is 24.5. The summed E-state index contributed by atoms with van der Waals surface area (Å²) in [4.78, 5) is 0. The minimum Gasteiger partial charge on any atom is -0.393 e. The van der Waals surface area contributed by atoms with Gasteiger partial charge in [-0.25, -0.2) is 0 Å². The van der Waals surface area contributed by atoms with Crippen LogP contribution in [0.1, 0.15) is 130 Å². The average Bonchev–Trinajstić information content (AvgIpc) is 2.72. The van der Waals surface area contributed by atoms with Gasteiger partial charge in [0.2, 0.25) is 0 Å². The fourth-order valence-electron chi connectivity index (χ4n) is 4.21. The van der Waals surface area contributed by atoms with Gasteiger partial charge < -0.3 is 25.4 Å². The van der Waals surface area contributed by atoms with Crippen molar-refractivity contribution in [3.05, 3.63) is 12.2 Å². The van der Waals surface area contributed by atoms with Crippen molar-refractivity contribution in [2.45, 2.75) is 161 Å². The highest BCUT2D eigenvalue weighted by atomic mass is 16.7. The fraction of sp³-hybridized carbons (Fsp3) is 0.929. The molecule has 5 nitrogen and oxygen atoms in total.